The van der Waals surface area contributed by atoms with Crippen LogP contribution >= 0.6 is 0 Å². The number of carbonyl (C=O) groups excluding carboxylic acids is 1. The Kier molecular flexibility index (Phi) is 4.99. The highest BCUT2D eigenvalue weighted by atomic mass is 16.7. The first kappa shape index (κ1) is 12.4. The first-order chi connectivity index (χ1) is 5.97. The summed E-state index contributed by atoms with van der Waals surface area (Å²) < 4.78 is 10.1. The molecule has 0 radical (unpaired) electrons. The zero-order chi connectivity index (χ0) is 10.5. The standard InChI is InChI=1S/C10H20O3/c1-6-8(12-5)13-9(11)10(3,4)7-2/h8H,6-7H2,1-5H3. The molecule has 0 spiro atoms. The van der Waals surface area contributed by atoms with Crippen LogP contribution in [0.15, 0.2) is 0 Å². The molecule has 0 aromatic heterocycles. The lowest BCUT2D eigenvalue weighted by Crippen LogP contribution is -2.30. The molecule has 0 heterocycles. The predicted molar refractivity (Wildman–Crippen MR) is 51.3 cm³/mol. The summed E-state index contributed by atoms with van der Waals surface area (Å²) in [6.45, 7) is 7.63. The maximum atomic E-state index is 11.5. The Morgan fingerprint density at radius 2 is 1.92 bits per heavy atom. The van der Waals surface area contributed by atoms with Gasteiger partial charge in [-0.2, -0.15) is 0 Å². The van der Waals surface area contributed by atoms with Crippen LogP contribution in [-0.2, 0) is 14.3 Å². The van der Waals surface area contributed by atoms with E-state index in [4.69, 9.17) is 9.47 Å². The van der Waals surface area contributed by atoms with E-state index >= 15 is 0 Å². The molecule has 0 aliphatic rings. The second kappa shape index (κ2) is 5.22. The van der Waals surface area contributed by atoms with Crippen LogP contribution in [0, 0.1) is 5.41 Å². The molecule has 0 aromatic rings. The van der Waals surface area contributed by atoms with Gasteiger partial charge in [0, 0.05) is 13.5 Å². The van der Waals surface area contributed by atoms with Crippen LogP contribution in [0.1, 0.15) is 40.5 Å². The van der Waals surface area contributed by atoms with Crippen molar-refractivity contribution in [2.24, 2.45) is 5.41 Å². The van der Waals surface area contributed by atoms with Crippen molar-refractivity contribution in [2.75, 3.05) is 7.11 Å². The predicted octanol–water partition coefficient (Wildman–Crippen LogP) is 2.35. The summed E-state index contributed by atoms with van der Waals surface area (Å²) in [4.78, 5) is 11.5. The molecular formula is C10H20O3. The average Bonchev–Trinajstić information content (AvgIpc) is 2.13. The summed E-state index contributed by atoms with van der Waals surface area (Å²) in [5, 5.41) is 0. The van der Waals surface area contributed by atoms with Crippen LogP contribution in [0.3, 0.4) is 0 Å². The van der Waals surface area contributed by atoms with Crippen molar-refractivity contribution in [3.8, 4) is 0 Å². The second-order valence-electron chi connectivity index (χ2n) is 3.72. The minimum Gasteiger partial charge on any atom is -0.435 e. The minimum absolute atomic E-state index is 0.191. The van der Waals surface area contributed by atoms with Gasteiger partial charge in [0.1, 0.15) is 0 Å². The Labute approximate surface area is 80.4 Å². The first-order valence-electron chi connectivity index (χ1n) is 4.71. The lowest BCUT2D eigenvalue weighted by Gasteiger charge is -2.23. The molecule has 0 rings (SSSR count). The van der Waals surface area contributed by atoms with Crippen molar-refractivity contribution < 1.29 is 14.3 Å². The van der Waals surface area contributed by atoms with Crippen molar-refractivity contribution in [1.29, 1.82) is 0 Å². The van der Waals surface area contributed by atoms with Gasteiger partial charge in [0.25, 0.3) is 0 Å². The van der Waals surface area contributed by atoms with E-state index in [9.17, 15) is 4.79 Å². The number of methoxy groups -OCH3 is 1. The van der Waals surface area contributed by atoms with Gasteiger partial charge in [-0.05, 0) is 20.3 Å². The maximum Gasteiger partial charge on any atom is 0.313 e. The SMILES string of the molecule is CCC(OC)OC(=O)C(C)(C)CC. The quantitative estimate of drug-likeness (QED) is 0.490. The second-order valence-corrected chi connectivity index (χ2v) is 3.72. The third-order valence-corrected chi connectivity index (χ3v) is 2.27. The number of carbonyl (C=O) groups is 1. The lowest BCUT2D eigenvalue weighted by atomic mass is 9.91. The van der Waals surface area contributed by atoms with E-state index in [-0.39, 0.29) is 5.97 Å². The van der Waals surface area contributed by atoms with E-state index in [0.717, 1.165) is 6.42 Å². The summed E-state index contributed by atoms with van der Waals surface area (Å²) in [6, 6.07) is 0. The maximum absolute atomic E-state index is 11.5. The molecule has 0 saturated heterocycles. The number of ether oxygens (including phenoxy) is 2. The van der Waals surface area contributed by atoms with Crippen molar-refractivity contribution in [3.63, 3.8) is 0 Å². The Morgan fingerprint density at radius 3 is 2.23 bits per heavy atom. The van der Waals surface area contributed by atoms with E-state index in [0.29, 0.717) is 6.42 Å². The number of hydrogen-bond donors (Lipinski definition) is 0. The van der Waals surface area contributed by atoms with Gasteiger partial charge >= 0.3 is 5.97 Å². The molecule has 0 amide bonds. The van der Waals surface area contributed by atoms with Gasteiger partial charge in [-0.15, -0.1) is 0 Å². The highest BCUT2D eigenvalue weighted by molar-refractivity contribution is 5.75. The van der Waals surface area contributed by atoms with Crippen molar-refractivity contribution in [1.82, 2.24) is 0 Å². The van der Waals surface area contributed by atoms with Gasteiger partial charge in [-0.1, -0.05) is 13.8 Å². The average molecular weight is 188 g/mol. The van der Waals surface area contributed by atoms with Crippen molar-refractivity contribution in [3.05, 3.63) is 0 Å². The first-order valence-corrected chi connectivity index (χ1v) is 4.71. The summed E-state index contributed by atoms with van der Waals surface area (Å²) in [5.74, 6) is -0.191. The number of hydrogen-bond acceptors (Lipinski definition) is 3. The molecule has 0 aliphatic heterocycles. The third-order valence-electron chi connectivity index (χ3n) is 2.27. The van der Waals surface area contributed by atoms with E-state index in [1.54, 1.807) is 7.11 Å². The van der Waals surface area contributed by atoms with Gasteiger partial charge in [0.15, 0.2) is 0 Å². The van der Waals surface area contributed by atoms with Crippen LogP contribution in [0.2, 0.25) is 0 Å². The van der Waals surface area contributed by atoms with Gasteiger partial charge in [0.2, 0.25) is 6.29 Å². The molecular weight excluding hydrogens is 168 g/mol. The fourth-order valence-electron chi connectivity index (χ4n) is 0.721. The molecule has 13 heavy (non-hydrogen) atoms. The zero-order valence-corrected chi connectivity index (χ0v) is 9.22. The fourth-order valence-corrected chi connectivity index (χ4v) is 0.721. The number of rotatable bonds is 5. The highest BCUT2D eigenvalue weighted by Gasteiger charge is 2.28. The molecule has 0 aromatic carbocycles. The third kappa shape index (κ3) is 3.77. The Balaban J connectivity index is 4.13. The summed E-state index contributed by atoms with van der Waals surface area (Å²) in [5.41, 5.74) is -0.411. The summed E-state index contributed by atoms with van der Waals surface area (Å²) in [6.07, 6.45) is 1.05. The van der Waals surface area contributed by atoms with Gasteiger partial charge in [-0.25, -0.2) is 0 Å². The molecule has 0 fully saturated rings. The normalized spacial score (nSPS) is 13.9. The van der Waals surface area contributed by atoms with Crippen LogP contribution < -0.4 is 0 Å². The smallest absolute Gasteiger partial charge is 0.313 e. The van der Waals surface area contributed by atoms with E-state index in [1.165, 1.54) is 0 Å². The molecule has 1 atom stereocenters. The fraction of sp³-hybridized carbons (Fsp3) is 0.900. The van der Waals surface area contributed by atoms with Crippen molar-refractivity contribution >= 4 is 5.97 Å². The Hall–Kier alpha value is -0.570. The van der Waals surface area contributed by atoms with Crippen LogP contribution in [0.5, 0.6) is 0 Å². The molecule has 3 heteroatoms. The molecule has 0 aliphatic carbocycles. The molecule has 1 unspecified atom stereocenters. The van der Waals surface area contributed by atoms with Crippen LogP contribution in [0.4, 0.5) is 0 Å². The van der Waals surface area contributed by atoms with Gasteiger partial charge in [0.05, 0.1) is 5.41 Å². The van der Waals surface area contributed by atoms with Gasteiger partial charge in [-0.3, -0.25) is 4.79 Å². The minimum atomic E-state index is -0.411. The number of esters is 1. The molecule has 78 valence electrons. The van der Waals surface area contributed by atoms with E-state index in [2.05, 4.69) is 0 Å². The molecule has 0 bridgehead atoms. The van der Waals surface area contributed by atoms with Gasteiger partial charge < -0.3 is 9.47 Å². The molecule has 0 saturated carbocycles. The highest BCUT2D eigenvalue weighted by Crippen LogP contribution is 2.22. The topological polar surface area (TPSA) is 35.5 Å². The Morgan fingerprint density at radius 1 is 1.38 bits per heavy atom. The monoisotopic (exact) mass is 188 g/mol. The van der Waals surface area contributed by atoms with Crippen LogP contribution in [-0.4, -0.2) is 19.4 Å². The molecule has 3 nitrogen and oxygen atoms in total. The Bertz CT molecular complexity index is 160. The summed E-state index contributed by atoms with van der Waals surface area (Å²) in [7, 11) is 1.54. The zero-order valence-electron chi connectivity index (χ0n) is 9.22. The van der Waals surface area contributed by atoms with E-state index in [1.807, 2.05) is 27.7 Å². The lowest BCUT2D eigenvalue weighted by molar-refractivity contribution is -0.184. The van der Waals surface area contributed by atoms with Crippen LogP contribution in [0.25, 0.3) is 0 Å². The summed E-state index contributed by atoms with van der Waals surface area (Å²) >= 11 is 0. The van der Waals surface area contributed by atoms with Crippen molar-refractivity contribution in [2.45, 2.75) is 46.8 Å². The largest absolute Gasteiger partial charge is 0.435 e. The van der Waals surface area contributed by atoms with E-state index < -0.39 is 11.7 Å². The molecule has 0 N–H and O–H groups in total.